The molecule has 4 fully saturated rings. The Labute approximate surface area is 168 Å². The lowest BCUT2D eigenvalue weighted by molar-refractivity contribution is -0.385. The predicted molar refractivity (Wildman–Crippen MR) is 111 cm³/mol. The highest BCUT2D eigenvalue weighted by Crippen LogP contribution is 2.38. The van der Waals surface area contributed by atoms with Crippen molar-refractivity contribution < 1.29 is 4.92 Å². The lowest BCUT2D eigenvalue weighted by atomic mass is 9.74. The molecule has 8 heteroatoms. The SMILES string of the molecule is O=[N+]([O-])c1ccccc1/C=N\N=C(/c1ccccc1)C12CN3CN(CN(C3)C1)C2. The van der Waals surface area contributed by atoms with E-state index in [1.54, 1.807) is 18.2 Å². The van der Waals surface area contributed by atoms with Gasteiger partial charge in [0.05, 0.1) is 47.8 Å². The summed E-state index contributed by atoms with van der Waals surface area (Å²) in [5, 5.41) is 20.2. The molecule has 0 aromatic heterocycles. The molecular formula is C21H22N6O2. The van der Waals surface area contributed by atoms with Crippen LogP contribution in [0.4, 0.5) is 5.69 Å². The zero-order valence-corrected chi connectivity index (χ0v) is 16.0. The maximum Gasteiger partial charge on any atom is 0.278 e. The van der Waals surface area contributed by atoms with Gasteiger partial charge in [-0.25, -0.2) is 0 Å². The van der Waals surface area contributed by atoms with Crippen LogP contribution in [-0.2, 0) is 0 Å². The van der Waals surface area contributed by atoms with Crippen LogP contribution in [-0.4, -0.2) is 71.2 Å². The number of hydrogen-bond acceptors (Lipinski definition) is 7. The van der Waals surface area contributed by atoms with Gasteiger partial charge in [-0.3, -0.25) is 24.8 Å². The molecule has 148 valence electrons. The van der Waals surface area contributed by atoms with Crippen LogP contribution in [0.15, 0.2) is 64.8 Å². The summed E-state index contributed by atoms with van der Waals surface area (Å²) < 4.78 is 0. The first-order valence-electron chi connectivity index (χ1n) is 9.70. The van der Waals surface area contributed by atoms with Crippen molar-refractivity contribution in [1.82, 2.24) is 14.7 Å². The van der Waals surface area contributed by atoms with Crippen LogP contribution in [0, 0.1) is 15.5 Å². The van der Waals surface area contributed by atoms with Crippen molar-refractivity contribution in [2.75, 3.05) is 39.6 Å². The second kappa shape index (κ2) is 7.14. The van der Waals surface area contributed by atoms with Crippen molar-refractivity contribution in [2.45, 2.75) is 0 Å². The summed E-state index contributed by atoms with van der Waals surface area (Å²) in [5.41, 5.74) is 2.38. The molecule has 0 unspecified atom stereocenters. The zero-order valence-electron chi connectivity index (χ0n) is 16.0. The van der Waals surface area contributed by atoms with Gasteiger partial charge in [0.15, 0.2) is 0 Å². The Hall–Kier alpha value is -2.94. The van der Waals surface area contributed by atoms with Crippen LogP contribution in [0.3, 0.4) is 0 Å². The van der Waals surface area contributed by atoms with Crippen LogP contribution in [0.2, 0.25) is 0 Å². The second-order valence-corrected chi connectivity index (χ2v) is 8.07. The largest absolute Gasteiger partial charge is 0.278 e. The van der Waals surface area contributed by atoms with Crippen molar-refractivity contribution in [1.29, 1.82) is 0 Å². The molecule has 2 aromatic rings. The summed E-state index contributed by atoms with van der Waals surface area (Å²) in [5.74, 6) is 0. The molecule has 0 aliphatic carbocycles. The van der Waals surface area contributed by atoms with Crippen LogP contribution in [0.5, 0.6) is 0 Å². The van der Waals surface area contributed by atoms with E-state index in [1.807, 2.05) is 18.2 Å². The van der Waals surface area contributed by atoms with Gasteiger partial charge < -0.3 is 0 Å². The average Bonchev–Trinajstić information content (AvgIpc) is 2.71. The predicted octanol–water partition coefficient (Wildman–Crippen LogP) is 2.22. The molecule has 4 bridgehead atoms. The molecule has 4 aliphatic heterocycles. The minimum atomic E-state index is -0.393. The fraction of sp³-hybridized carbons (Fsp3) is 0.333. The molecule has 0 saturated carbocycles. The molecule has 6 rings (SSSR count). The minimum Gasteiger partial charge on any atom is -0.276 e. The third-order valence-corrected chi connectivity index (χ3v) is 5.82. The zero-order chi connectivity index (χ0) is 19.8. The fourth-order valence-corrected chi connectivity index (χ4v) is 4.92. The Balaban J connectivity index is 1.53. The molecule has 0 spiro atoms. The standard InChI is InChI=1S/C21H22N6O2/c28-27(29)19-9-5-4-8-18(19)10-22-23-20(17-6-2-1-3-7-17)21-11-24-14-25(12-21)16-26(13-21)15-24/h1-10H,11-16H2/b22-10-,23-20+. The molecular weight excluding hydrogens is 368 g/mol. The highest BCUT2D eigenvalue weighted by molar-refractivity contribution is 6.05. The molecule has 0 N–H and O–H groups in total. The van der Waals surface area contributed by atoms with Crippen LogP contribution in [0.25, 0.3) is 0 Å². The minimum absolute atomic E-state index is 0.0332. The lowest BCUT2D eigenvalue weighted by Gasteiger charge is -2.60. The molecule has 4 aliphatic rings. The normalized spacial score (nSPS) is 30.8. The van der Waals surface area contributed by atoms with Crippen molar-refractivity contribution in [3.8, 4) is 0 Å². The van der Waals surface area contributed by atoms with Crippen LogP contribution < -0.4 is 0 Å². The van der Waals surface area contributed by atoms with Gasteiger partial charge in [-0.15, -0.1) is 0 Å². The van der Waals surface area contributed by atoms with E-state index in [2.05, 4.69) is 37.0 Å². The van der Waals surface area contributed by atoms with E-state index >= 15 is 0 Å². The Bertz CT molecular complexity index is 952. The Morgan fingerprint density at radius 3 is 2.14 bits per heavy atom. The van der Waals surface area contributed by atoms with Gasteiger partial charge in [0.25, 0.3) is 5.69 Å². The Morgan fingerprint density at radius 1 is 0.931 bits per heavy atom. The van der Waals surface area contributed by atoms with Gasteiger partial charge in [-0.1, -0.05) is 42.5 Å². The number of para-hydroxylation sites is 1. The fourth-order valence-electron chi connectivity index (χ4n) is 4.92. The van der Waals surface area contributed by atoms with Crippen molar-refractivity contribution in [3.63, 3.8) is 0 Å². The number of nitrogens with zero attached hydrogens (tertiary/aromatic N) is 6. The highest BCUT2D eigenvalue weighted by atomic mass is 16.6. The summed E-state index contributed by atoms with van der Waals surface area (Å²) >= 11 is 0. The number of nitro benzene ring substituents is 1. The van der Waals surface area contributed by atoms with Gasteiger partial charge in [-0.05, 0) is 11.6 Å². The van der Waals surface area contributed by atoms with E-state index in [-0.39, 0.29) is 11.1 Å². The molecule has 0 amide bonds. The van der Waals surface area contributed by atoms with Gasteiger partial charge in [-0.2, -0.15) is 10.2 Å². The molecule has 4 saturated heterocycles. The van der Waals surface area contributed by atoms with E-state index in [1.165, 1.54) is 12.3 Å². The first-order chi connectivity index (χ1) is 14.1. The Morgan fingerprint density at radius 2 is 1.52 bits per heavy atom. The van der Waals surface area contributed by atoms with E-state index in [4.69, 9.17) is 0 Å². The first-order valence-corrected chi connectivity index (χ1v) is 9.70. The van der Waals surface area contributed by atoms with Crippen molar-refractivity contribution in [2.24, 2.45) is 15.6 Å². The average molecular weight is 390 g/mol. The molecule has 29 heavy (non-hydrogen) atoms. The van der Waals surface area contributed by atoms with Gasteiger partial charge >= 0.3 is 0 Å². The summed E-state index contributed by atoms with van der Waals surface area (Å²) in [6, 6.07) is 16.7. The molecule has 8 nitrogen and oxygen atoms in total. The first kappa shape index (κ1) is 18.1. The van der Waals surface area contributed by atoms with E-state index in [0.717, 1.165) is 50.9 Å². The van der Waals surface area contributed by atoms with Crippen molar-refractivity contribution in [3.05, 3.63) is 75.8 Å². The van der Waals surface area contributed by atoms with Crippen LogP contribution >= 0.6 is 0 Å². The second-order valence-electron chi connectivity index (χ2n) is 8.07. The third-order valence-electron chi connectivity index (χ3n) is 5.82. The molecule has 2 aromatic carbocycles. The lowest BCUT2D eigenvalue weighted by Crippen LogP contribution is -2.74. The molecule has 0 radical (unpaired) electrons. The Kier molecular flexibility index (Phi) is 4.46. The quantitative estimate of drug-likeness (QED) is 0.444. The van der Waals surface area contributed by atoms with Gasteiger partial charge in [0.2, 0.25) is 0 Å². The van der Waals surface area contributed by atoms with E-state index in [0.29, 0.717) is 5.56 Å². The van der Waals surface area contributed by atoms with Gasteiger partial charge in [0.1, 0.15) is 0 Å². The van der Waals surface area contributed by atoms with Gasteiger partial charge in [0, 0.05) is 25.7 Å². The van der Waals surface area contributed by atoms with Crippen LogP contribution in [0.1, 0.15) is 11.1 Å². The summed E-state index contributed by atoms with van der Waals surface area (Å²) in [7, 11) is 0. The molecule has 0 atom stereocenters. The maximum atomic E-state index is 11.3. The third kappa shape index (κ3) is 3.35. The smallest absolute Gasteiger partial charge is 0.276 e. The highest BCUT2D eigenvalue weighted by Gasteiger charge is 2.51. The number of hydrogen-bond donors (Lipinski definition) is 0. The van der Waals surface area contributed by atoms with E-state index < -0.39 is 4.92 Å². The topological polar surface area (TPSA) is 77.6 Å². The van der Waals surface area contributed by atoms with Crippen molar-refractivity contribution >= 4 is 17.6 Å². The number of nitro groups is 1. The number of benzene rings is 2. The summed E-state index contributed by atoms with van der Waals surface area (Å²) in [6.45, 7) is 5.86. The summed E-state index contributed by atoms with van der Waals surface area (Å²) in [4.78, 5) is 18.2. The summed E-state index contributed by atoms with van der Waals surface area (Å²) in [6.07, 6.45) is 1.49. The number of rotatable bonds is 5. The maximum absolute atomic E-state index is 11.3. The monoisotopic (exact) mass is 390 g/mol. The molecule has 4 heterocycles. The van der Waals surface area contributed by atoms with E-state index in [9.17, 15) is 10.1 Å².